The van der Waals surface area contributed by atoms with Crippen molar-refractivity contribution in [2.45, 2.75) is 19.9 Å². The molecule has 0 saturated carbocycles. The highest BCUT2D eigenvalue weighted by Crippen LogP contribution is 2.32. The van der Waals surface area contributed by atoms with Gasteiger partial charge in [-0.05, 0) is 42.6 Å². The fourth-order valence-electron chi connectivity index (χ4n) is 2.09. The molecule has 0 aliphatic rings. The van der Waals surface area contributed by atoms with Crippen molar-refractivity contribution in [3.05, 3.63) is 39.9 Å². The van der Waals surface area contributed by atoms with E-state index in [9.17, 15) is 0 Å². The Morgan fingerprint density at radius 3 is 2.72 bits per heavy atom. The van der Waals surface area contributed by atoms with E-state index in [2.05, 4.69) is 21.1 Å². The summed E-state index contributed by atoms with van der Waals surface area (Å²) in [6.07, 6.45) is 0. The molecule has 0 radical (unpaired) electrons. The summed E-state index contributed by atoms with van der Waals surface area (Å²) in [5.41, 5.74) is 6.84. The van der Waals surface area contributed by atoms with Gasteiger partial charge in [-0.1, -0.05) is 10.6 Å². The van der Waals surface area contributed by atoms with Crippen molar-refractivity contribution in [1.29, 1.82) is 0 Å². The number of nitrogens with zero attached hydrogens (tertiary/aromatic N) is 2. The number of rotatable bonds is 4. The normalized spacial score (nSPS) is 12.4. The third kappa shape index (κ3) is 2.35. The Labute approximate surface area is 110 Å². The average molecular weight is 264 g/mol. The van der Waals surface area contributed by atoms with E-state index in [1.807, 2.05) is 25.3 Å². The lowest BCUT2D eigenvalue weighted by Crippen LogP contribution is -2.30. The van der Waals surface area contributed by atoms with Gasteiger partial charge in [-0.25, -0.2) is 5.43 Å². The second-order valence-electron chi connectivity index (χ2n) is 4.13. The molecule has 2 rings (SSSR count). The molecule has 5 nitrogen and oxygen atoms in total. The average Bonchev–Trinajstić information content (AvgIpc) is 2.85. The molecule has 0 saturated heterocycles. The maximum absolute atomic E-state index is 5.66. The van der Waals surface area contributed by atoms with Crippen molar-refractivity contribution in [1.82, 2.24) is 15.0 Å². The van der Waals surface area contributed by atoms with Crippen LogP contribution < -0.4 is 16.0 Å². The van der Waals surface area contributed by atoms with Crippen LogP contribution in [0.5, 0.6) is 5.75 Å². The predicted molar refractivity (Wildman–Crippen MR) is 71.5 cm³/mol. The van der Waals surface area contributed by atoms with Crippen molar-refractivity contribution in [2.75, 3.05) is 7.11 Å². The molecule has 0 bridgehead atoms. The zero-order valence-electron chi connectivity index (χ0n) is 10.6. The summed E-state index contributed by atoms with van der Waals surface area (Å²) in [6, 6.07) is 3.88. The molecule has 0 aliphatic heterocycles. The lowest BCUT2D eigenvalue weighted by molar-refractivity contribution is 0.402. The summed E-state index contributed by atoms with van der Waals surface area (Å²) in [5, 5.41) is 5.95. The molecule has 0 fully saturated rings. The molecule has 1 heterocycles. The van der Waals surface area contributed by atoms with E-state index in [1.54, 1.807) is 7.11 Å². The molecule has 0 spiro atoms. The first-order valence-electron chi connectivity index (χ1n) is 5.55. The lowest BCUT2D eigenvalue weighted by atomic mass is 9.96. The van der Waals surface area contributed by atoms with Gasteiger partial charge in [0.05, 0.1) is 18.8 Å². The number of aromatic nitrogens is 2. The number of hydrazine groups is 1. The van der Waals surface area contributed by atoms with Crippen molar-refractivity contribution < 1.29 is 4.74 Å². The molecule has 1 unspecified atom stereocenters. The highest BCUT2D eigenvalue weighted by molar-refractivity contribution is 7.03. The van der Waals surface area contributed by atoms with E-state index in [0.29, 0.717) is 0 Å². The van der Waals surface area contributed by atoms with Crippen LogP contribution in [-0.4, -0.2) is 16.7 Å². The first-order valence-corrected chi connectivity index (χ1v) is 6.39. The second-order valence-corrected chi connectivity index (χ2v) is 4.74. The molecule has 0 amide bonds. The number of hydrogen-bond donors (Lipinski definition) is 2. The van der Waals surface area contributed by atoms with Gasteiger partial charge in [-0.15, -0.1) is 5.10 Å². The lowest BCUT2D eigenvalue weighted by Gasteiger charge is -2.20. The maximum atomic E-state index is 5.66. The first kappa shape index (κ1) is 12.9. The molecule has 3 N–H and O–H groups in total. The Morgan fingerprint density at radius 2 is 2.17 bits per heavy atom. The third-order valence-corrected chi connectivity index (χ3v) is 3.36. The summed E-state index contributed by atoms with van der Waals surface area (Å²) >= 11 is 1.30. The number of ether oxygens (including phenoxy) is 1. The van der Waals surface area contributed by atoms with Crippen molar-refractivity contribution >= 4 is 11.5 Å². The fourth-order valence-corrected chi connectivity index (χ4v) is 2.57. The van der Waals surface area contributed by atoms with Gasteiger partial charge < -0.3 is 4.74 Å². The molecule has 1 atom stereocenters. The smallest absolute Gasteiger partial charge is 0.124 e. The number of hydrogen-bond acceptors (Lipinski definition) is 6. The van der Waals surface area contributed by atoms with Gasteiger partial charge in [0.25, 0.3) is 0 Å². The van der Waals surface area contributed by atoms with Gasteiger partial charge in [-0.3, -0.25) is 5.84 Å². The van der Waals surface area contributed by atoms with Gasteiger partial charge in [0.1, 0.15) is 5.75 Å². The van der Waals surface area contributed by atoms with Crippen LogP contribution in [0.1, 0.15) is 28.4 Å². The molecule has 6 heteroatoms. The van der Waals surface area contributed by atoms with Crippen molar-refractivity contribution in [3.63, 3.8) is 0 Å². The zero-order chi connectivity index (χ0) is 13.1. The van der Waals surface area contributed by atoms with E-state index in [1.165, 1.54) is 11.5 Å². The van der Waals surface area contributed by atoms with Crippen LogP contribution in [0.4, 0.5) is 0 Å². The van der Waals surface area contributed by atoms with Crippen molar-refractivity contribution in [2.24, 2.45) is 5.84 Å². The van der Waals surface area contributed by atoms with Gasteiger partial charge >= 0.3 is 0 Å². The van der Waals surface area contributed by atoms with Crippen LogP contribution in [0.3, 0.4) is 0 Å². The van der Waals surface area contributed by atoms with Crippen LogP contribution in [0.2, 0.25) is 0 Å². The minimum absolute atomic E-state index is 0.209. The second kappa shape index (κ2) is 5.43. The Kier molecular flexibility index (Phi) is 3.90. The maximum Gasteiger partial charge on any atom is 0.124 e. The summed E-state index contributed by atoms with van der Waals surface area (Å²) in [7, 11) is 1.66. The molecule has 1 aromatic heterocycles. The number of nitrogens with one attached hydrogen (secondary N) is 1. The Morgan fingerprint density at radius 1 is 1.39 bits per heavy atom. The SMILES string of the molecule is COc1cc(C)cc(C)c1C(NN)c1csnn1. The van der Waals surface area contributed by atoms with Crippen LogP contribution in [0.25, 0.3) is 0 Å². The molecule has 18 heavy (non-hydrogen) atoms. The summed E-state index contributed by atoms with van der Waals surface area (Å²) < 4.78 is 9.32. The molecular formula is C12H16N4OS. The van der Waals surface area contributed by atoms with Crippen LogP contribution >= 0.6 is 11.5 Å². The van der Waals surface area contributed by atoms with Gasteiger partial charge in [0.15, 0.2) is 0 Å². The minimum atomic E-state index is -0.209. The fraction of sp³-hybridized carbons (Fsp3) is 0.333. The number of methoxy groups -OCH3 is 1. The molecule has 2 aromatic rings. The monoisotopic (exact) mass is 264 g/mol. The highest BCUT2D eigenvalue weighted by atomic mass is 32.1. The molecular weight excluding hydrogens is 248 g/mol. The van der Waals surface area contributed by atoms with Crippen molar-refractivity contribution in [3.8, 4) is 5.75 Å². The minimum Gasteiger partial charge on any atom is -0.496 e. The Hall–Kier alpha value is -1.50. The van der Waals surface area contributed by atoms with Crippen LogP contribution in [0, 0.1) is 13.8 Å². The largest absolute Gasteiger partial charge is 0.496 e. The standard InChI is InChI=1S/C12H16N4OS/c1-7-4-8(2)11(10(5-7)17-3)12(14-13)9-6-18-16-15-9/h4-6,12,14H,13H2,1-3H3. The molecule has 1 aromatic carbocycles. The number of nitrogens with two attached hydrogens (primary N) is 1. The third-order valence-electron chi connectivity index (χ3n) is 2.84. The number of benzene rings is 1. The number of aryl methyl sites for hydroxylation is 2. The van der Waals surface area contributed by atoms with E-state index in [-0.39, 0.29) is 6.04 Å². The van der Waals surface area contributed by atoms with Gasteiger partial charge in [0, 0.05) is 10.9 Å². The molecule has 96 valence electrons. The van der Waals surface area contributed by atoms with E-state index < -0.39 is 0 Å². The zero-order valence-corrected chi connectivity index (χ0v) is 11.4. The van der Waals surface area contributed by atoms with Gasteiger partial charge in [0.2, 0.25) is 0 Å². The summed E-state index contributed by atoms with van der Waals surface area (Å²) in [5.74, 6) is 6.47. The quantitative estimate of drug-likeness (QED) is 0.649. The first-order chi connectivity index (χ1) is 8.67. The highest BCUT2D eigenvalue weighted by Gasteiger charge is 2.21. The predicted octanol–water partition coefficient (Wildman–Crippen LogP) is 1.72. The van der Waals surface area contributed by atoms with Gasteiger partial charge in [-0.2, -0.15) is 0 Å². The summed E-state index contributed by atoms with van der Waals surface area (Å²) in [4.78, 5) is 0. The van der Waals surface area contributed by atoms with Crippen LogP contribution in [-0.2, 0) is 0 Å². The van der Waals surface area contributed by atoms with E-state index in [4.69, 9.17) is 10.6 Å². The Balaban J connectivity index is 2.55. The summed E-state index contributed by atoms with van der Waals surface area (Å²) in [6.45, 7) is 4.07. The van der Waals surface area contributed by atoms with E-state index >= 15 is 0 Å². The topological polar surface area (TPSA) is 73.1 Å². The Bertz CT molecular complexity index is 527. The molecule has 0 aliphatic carbocycles. The van der Waals surface area contributed by atoms with Crippen LogP contribution in [0.15, 0.2) is 17.5 Å². The van der Waals surface area contributed by atoms with E-state index in [0.717, 1.165) is 28.1 Å².